The molecule has 1 aliphatic heterocycles. The number of nitrogens with one attached hydrogen (secondary N) is 2. The molecule has 4 rings (SSSR count). The maximum atomic E-state index is 5.61. The number of methoxy groups -OCH3 is 2. The van der Waals surface area contributed by atoms with E-state index in [1.165, 1.54) is 0 Å². The average molecular weight is 380 g/mol. The number of anilines is 4. The van der Waals surface area contributed by atoms with Gasteiger partial charge in [0.15, 0.2) is 11.5 Å². The molecule has 0 saturated heterocycles. The van der Waals surface area contributed by atoms with Crippen LogP contribution in [0.15, 0.2) is 48.7 Å². The van der Waals surface area contributed by atoms with Crippen LogP contribution in [0.5, 0.6) is 23.0 Å². The van der Waals surface area contributed by atoms with E-state index in [1.54, 1.807) is 26.5 Å². The zero-order valence-corrected chi connectivity index (χ0v) is 15.6. The number of aromatic nitrogens is 2. The number of fused-ring (bicyclic) bond motifs is 1. The van der Waals surface area contributed by atoms with Crippen molar-refractivity contribution in [1.29, 1.82) is 0 Å². The lowest BCUT2D eigenvalue weighted by Gasteiger charge is -2.19. The van der Waals surface area contributed by atoms with Crippen molar-refractivity contribution in [2.45, 2.75) is 0 Å². The largest absolute Gasteiger partial charge is 0.497 e. The number of benzene rings is 2. The van der Waals surface area contributed by atoms with Crippen LogP contribution in [-0.2, 0) is 0 Å². The third-order valence-electron chi connectivity index (χ3n) is 4.12. The third kappa shape index (κ3) is 3.85. The first kappa shape index (κ1) is 17.7. The lowest BCUT2D eigenvalue weighted by atomic mass is 10.2. The van der Waals surface area contributed by atoms with E-state index in [9.17, 15) is 0 Å². The Morgan fingerprint density at radius 1 is 0.893 bits per heavy atom. The molecule has 3 aromatic rings. The van der Waals surface area contributed by atoms with Crippen LogP contribution >= 0.6 is 0 Å². The Morgan fingerprint density at radius 2 is 1.75 bits per heavy atom. The summed E-state index contributed by atoms with van der Waals surface area (Å²) in [6.07, 6.45) is 1.67. The van der Waals surface area contributed by atoms with Gasteiger partial charge in [-0.15, -0.1) is 0 Å². The number of hydrogen-bond acceptors (Lipinski definition) is 8. The second kappa shape index (κ2) is 7.91. The Labute approximate surface area is 162 Å². The van der Waals surface area contributed by atoms with Crippen LogP contribution < -0.4 is 29.6 Å². The number of rotatable bonds is 6. The Kier molecular flexibility index (Phi) is 5.01. The molecule has 0 fully saturated rings. The molecular weight excluding hydrogens is 360 g/mol. The van der Waals surface area contributed by atoms with Crippen molar-refractivity contribution < 1.29 is 18.9 Å². The van der Waals surface area contributed by atoms with Gasteiger partial charge in [0.05, 0.1) is 19.9 Å². The Hall–Kier alpha value is -3.68. The van der Waals surface area contributed by atoms with Gasteiger partial charge in [0.1, 0.15) is 30.5 Å². The fourth-order valence-corrected chi connectivity index (χ4v) is 2.79. The van der Waals surface area contributed by atoms with E-state index in [1.807, 2.05) is 36.4 Å². The first-order valence-electron chi connectivity index (χ1n) is 8.74. The van der Waals surface area contributed by atoms with Crippen LogP contribution in [0.1, 0.15) is 0 Å². The quantitative estimate of drug-likeness (QED) is 0.669. The third-order valence-corrected chi connectivity index (χ3v) is 4.12. The van der Waals surface area contributed by atoms with Gasteiger partial charge in [-0.05, 0) is 30.3 Å². The predicted octanol–water partition coefficient (Wildman–Crippen LogP) is 3.75. The van der Waals surface area contributed by atoms with Crippen molar-refractivity contribution in [3.63, 3.8) is 0 Å². The fourth-order valence-electron chi connectivity index (χ4n) is 2.79. The van der Waals surface area contributed by atoms with Crippen LogP contribution in [0.3, 0.4) is 0 Å². The lowest BCUT2D eigenvalue weighted by Crippen LogP contribution is -2.15. The molecule has 2 heterocycles. The summed E-state index contributed by atoms with van der Waals surface area (Å²) >= 11 is 0. The van der Waals surface area contributed by atoms with E-state index >= 15 is 0 Å². The van der Waals surface area contributed by atoms with E-state index < -0.39 is 0 Å². The molecular formula is C20H20N4O4. The van der Waals surface area contributed by atoms with Crippen LogP contribution in [0, 0.1) is 0 Å². The summed E-state index contributed by atoms with van der Waals surface area (Å²) in [6, 6.07) is 12.9. The van der Waals surface area contributed by atoms with Gasteiger partial charge in [0, 0.05) is 24.0 Å². The van der Waals surface area contributed by atoms with Gasteiger partial charge in [0.25, 0.3) is 0 Å². The number of ether oxygens (including phenoxy) is 4. The molecule has 0 radical (unpaired) electrons. The van der Waals surface area contributed by atoms with E-state index in [-0.39, 0.29) is 0 Å². The van der Waals surface area contributed by atoms with E-state index in [2.05, 4.69) is 20.6 Å². The zero-order valence-electron chi connectivity index (χ0n) is 15.6. The molecule has 8 heteroatoms. The molecule has 0 atom stereocenters. The SMILES string of the molecule is COc1ccc(OC)c(Nc2ccnc(Nc3ccc4c(c3)OCCO4)n2)c1. The van der Waals surface area contributed by atoms with Gasteiger partial charge in [0.2, 0.25) is 5.95 Å². The highest BCUT2D eigenvalue weighted by atomic mass is 16.6. The molecule has 2 aromatic carbocycles. The molecule has 144 valence electrons. The summed E-state index contributed by atoms with van der Waals surface area (Å²) in [5, 5.41) is 6.41. The normalized spacial score (nSPS) is 12.2. The summed E-state index contributed by atoms with van der Waals surface area (Å²) in [7, 11) is 3.23. The average Bonchev–Trinajstić information content (AvgIpc) is 2.74. The molecule has 0 saturated carbocycles. The molecule has 1 aromatic heterocycles. The van der Waals surface area contributed by atoms with Gasteiger partial charge in [-0.25, -0.2) is 4.98 Å². The Balaban J connectivity index is 1.54. The van der Waals surface area contributed by atoms with E-state index in [0.29, 0.717) is 42.2 Å². The molecule has 8 nitrogen and oxygen atoms in total. The summed E-state index contributed by atoms with van der Waals surface area (Å²) in [6.45, 7) is 1.10. The standard InChI is InChI=1S/C20H20N4O4/c1-25-14-4-6-16(26-2)15(12-14)23-19-7-8-21-20(24-19)22-13-3-5-17-18(11-13)28-10-9-27-17/h3-8,11-12H,9-10H2,1-2H3,(H2,21,22,23,24). The van der Waals surface area contributed by atoms with Crippen LogP contribution in [0.4, 0.5) is 23.1 Å². The van der Waals surface area contributed by atoms with Gasteiger partial charge in [-0.1, -0.05) is 0 Å². The second-order valence-electron chi connectivity index (χ2n) is 5.94. The van der Waals surface area contributed by atoms with Crippen molar-refractivity contribution in [2.75, 3.05) is 38.1 Å². The van der Waals surface area contributed by atoms with Crippen molar-refractivity contribution in [3.8, 4) is 23.0 Å². The van der Waals surface area contributed by atoms with Gasteiger partial charge in [-0.3, -0.25) is 0 Å². The molecule has 0 bridgehead atoms. The van der Waals surface area contributed by atoms with Gasteiger partial charge in [-0.2, -0.15) is 4.98 Å². The minimum absolute atomic E-state index is 0.448. The zero-order chi connectivity index (χ0) is 19.3. The highest BCUT2D eigenvalue weighted by molar-refractivity contribution is 5.67. The number of nitrogens with zero attached hydrogens (tertiary/aromatic N) is 2. The van der Waals surface area contributed by atoms with Crippen molar-refractivity contribution in [2.24, 2.45) is 0 Å². The van der Waals surface area contributed by atoms with Crippen molar-refractivity contribution in [3.05, 3.63) is 48.7 Å². The van der Waals surface area contributed by atoms with Crippen LogP contribution in [-0.4, -0.2) is 37.4 Å². The second-order valence-corrected chi connectivity index (χ2v) is 5.94. The molecule has 0 unspecified atom stereocenters. The highest BCUT2D eigenvalue weighted by Gasteiger charge is 2.12. The van der Waals surface area contributed by atoms with Crippen molar-refractivity contribution in [1.82, 2.24) is 9.97 Å². The minimum atomic E-state index is 0.448. The van der Waals surface area contributed by atoms with E-state index in [4.69, 9.17) is 18.9 Å². The molecule has 2 N–H and O–H groups in total. The van der Waals surface area contributed by atoms with Crippen LogP contribution in [0.25, 0.3) is 0 Å². The summed E-state index contributed by atoms with van der Waals surface area (Å²) in [5.41, 5.74) is 1.55. The van der Waals surface area contributed by atoms with Crippen molar-refractivity contribution >= 4 is 23.1 Å². The maximum absolute atomic E-state index is 5.61. The molecule has 0 aliphatic carbocycles. The molecule has 28 heavy (non-hydrogen) atoms. The smallest absolute Gasteiger partial charge is 0.229 e. The first-order valence-corrected chi connectivity index (χ1v) is 8.74. The summed E-state index contributed by atoms with van der Waals surface area (Å²) < 4.78 is 21.8. The monoisotopic (exact) mass is 380 g/mol. The Bertz CT molecular complexity index is 980. The molecule has 1 aliphatic rings. The predicted molar refractivity (Wildman–Crippen MR) is 106 cm³/mol. The topological polar surface area (TPSA) is 86.8 Å². The summed E-state index contributed by atoms with van der Waals surface area (Å²) in [4.78, 5) is 8.78. The Morgan fingerprint density at radius 3 is 2.57 bits per heavy atom. The van der Waals surface area contributed by atoms with Crippen LogP contribution in [0.2, 0.25) is 0 Å². The number of hydrogen-bond donors (Lipinski definition) is 2. The highest BCUT2D eigenvalue weighted by Crippen LogP contribution is 2.34. The molecule has 0 amide bonds. The lowest BCUT2D eigenvalue weighted by molar-refractivity contribution is 0.171. The summed E-state index contributed by atoms with van der Waals surface area (Å²) in [5.74, 6) is 3.89. The fraction of sp³-hybridized carbons (Fsp3) is 0.200. The van der Waals surface area contributed by atoms with Gasteiger partial charge >= 0.3 is 0 Å². The maximum Gasteiger partial charge on any atom is 0.229 e. The van der Waals surface area contributed by atoms with Gasteiger partial charge < -0.3 is 29.6 Å². The minimum Gasteiger partial charge on any atom is -0.497 e. The first-order chi connectivity index (χ1) is 13.7. The van der Waals surface area contributed by atoms with E-state index in [0.717, 1.165) is 17.1 Å². The molecule has 0 spiro atoms.